The van der Waals surface area contributed by atoms with Crippen molar-refractivity contribution in [3.05, 3.63) is 143 Å². The lowest BCUT2D eigenvalue weighted by atomic mass is 9.78. The molecule has 2 heterocycles. The van der Waals surface area contributed by atoms with Gasteiger partial charge >= 0.3 is 0 Å². The van der Waals surface area contributed by atoms with E-state index in [9.17, 15) is 8.78 Å². The topological polar surface area (TPSA) is 39.7 Å². The van der Waals surface area contributed by atoms with E-state index < -0.39 is 28.9 Å². The lowest BCUT2D eigenvalue weighted by Crippen LogP contribution is -2.44. The van der Waals surface area contributed by atoms with Gasteiger partial charge in [-0.1, -0.05) is 103 Å². The fourth-order valence-electron chi connectivity index (χ4n) is 5.71. The van der Waals surface area contributed by atoms with Crippen LogP contribution in [-0.2, 0) is 25.5 Å². The van der Waals surface area contributed by atoms with Crippen molar-refractivity contribution in [2.75, 3.05) is 19.8 Å². The second kappa shape index (κ2) is 9.80. The first-order chi connectivity index (χ1) is 18.1. The Bertz CT molecular complexity index is 1260. The third-order valence-electron chi connectivity index (χ3n) is 7.56. The first-order valence-corrected chi connectivity index (χ1v) is 12.4. The van der Waals surface area contributed by atoms with Crippen LogP contribution in [-0.4, -0.2) is 25.9 Å². The molecule has 2 aliphatic rings. The second-order valence-corrected chi connectivity index (χ2v) is 9.53. The predicted octanol–water partition coefficient (Wildman–Crippen LogP) is 5.72. The molecule has 2 unspecified atom stereocenters. The van der Waals surface area contributed by atoms with Crippen LogP contribution in [0.25, 0.3) is 0 Å². The minimum Gasteiger partial charge on any atom is -0.373 e. The highest BCUT2D eigenvalue weighted by Gasteiger charge is 2.57. The Morgan fingerprint density at radius 2 is 1.35 bits per heavy atom. The Morgan fingerprint density at radius 1 is 0.784 bits per heavy atom. The van der Waals surface area contributed by atoms with Gasteiger partial charge < -0.3 is 14.3 Å². The molecule has 4 nitrogen and oxygen atoms in total. The molecule has 0 spiro atoms. The highest BCUT2D eigenvalue weighted by molar-refractivity contribution is 5.47. The number of hydrogen-bond donors (Lipinski definition) is 1. The van der Waals surface area contributed by atoms with Crippen LogP contribution in [0.3, 0.4) is 0 Å². The van der Waals surface area contributed by atoms with E-state index in [0.717, 1.165) is 22.8 Å². The lowest BCUT2D eigenvalue weighted by Gasteiger charge is -2.37. The van der Waals surface area contributed by atoms with Crippen LogP contribution in [0.2, 0.25) is 0 Å². The molecule has 0 aromatic heterocycles. The van der Waals surface area contributed by atoms with Gasteiger partial charge in [0.1, 0.15) is 11.1 Å². The van der Waals surface area contributed by atoms with Crippen LogP contribution in [0, 0.1) is 17.6 Å². The maximum Gasteiger partial charge on any atom is 0.164 e. The largest absolute Gasteiger partial charge is 0.373 e. The summed E-state index contributed by atoms with van der Waals surface area (Å²) in [6.45, 7) is 0.646. The van der Waals surface area contributed by atoms with Gasteiger partial charge in [0.15, 0.2) is 11.6 Å². The van der Waals surface area contributed by atoms with E-state index >= 15 is 0 Å². The number of hydroxylamine groups is 1. The van der Waals surface area contributed by atoms with Crippen molar-refractivity contribution in [1.82, 2.24) is 5.48 Å². The summed E-state index contributed by atoms with van der Waals surface area (Å²) in [4.78, 5) is 5.61. The van der Waals surface area contributed by atoms with E-state index in [0.29, 0.717) is 6.61 Å². The van der Waals surface area contributed by atoms with Gasteiger partial charge in [0.25, 0.3) is 0 Å². The normalized spacial score (nSPS) is 23.2. The second-order valence-electron chi connectivity index (χ2n) is 9.53. The van der Waals surface area contributed by atoms with Gasteiger partial charge in [-0.15, -0.1) is 0 Å². The van der Waals surface area contributed by atoms with Crippen LogP contribution in [0.4, 0.5) is 8.78 Å². The number of fused-ring (bicyclic) bond motifs is 1. The molecule has 0 radical (unpaired) electrons. The fraction of sp³-hybridized carbons (Fsp3) is 0.226. The molecule has 0 bridgehead atoms. The molecule has 188 valence electrons. The van der Waals surface area contributed by atoms with Crippen molar-refractivity contribution < 1.29 is 23.1 Å². The quantitative estimate of drug-likeness (QED) is 0.330. The van der Waals surface area contributed by atoms with Gasteiger partial charge in [0, 0.05) is 11.5 Å². The molecule has 37 heavy (non-hydrogen) atoms. The highest BCUT2D eigenvalue weighted by atomic mass is 19.2. The Balaban J connectivity index is 1.39. The average Bonchev–Trinajstić information content (AvgIpc) is 3.53. The predicted molar refractivity (Wildman–Crippen MR) is 136 cm³/mol. The number of benzene rings is 4. The molecule has 1 N–H and O–H groups in total. The maximum atomic E-state index is 14.9. The Labute approximate surface area is 214 Å². The molecule has 4 aromatic rings. The Hall–Kier alpha value is -3.42. The molecule has 2 aliphatic heterocycles. The van der Waals surface area contributed by atoms with Crippen molar-refractivity contribution in [2.24, 2.45) is 5.92 Å². The zero-order chi connectivity index (χ0) is 25.3. The van der Waals surface area contributed by atoms with Gasteiger partial charge in [-0.05, 0) is 22.8 Å². The molecule has 2 fully saturated rings. The number of hydrogen-bond acceptors (Lipinski definition) is 4. The lowest BCUT2D eigenvalue weighted by molar-refractivity contribution is -0.0670. The Morgan fingerprint density at radius 3 is 1.92 bits per heavy atom. The van der Waals surface area contributed by atoms with Crippen molar-refractivity contribution in [3.63, 3.8) is 0 Å². The van der Waals surface area contributed by atoms with Crippen molar-refractivity contribution in [1.29, 1.82) is 0 Å². The van der Waals surface area contributed by atoms with Crippen molar-refractivity contribution in [2.45, 2.75) is 17.2 Å². The Kier molecular flexibility index (Phi) is 6.34. The molecular formula is C31H27F2NO3. The number of rotatable bonds is 7. The van der Waals surface area contributed by atoms with Crippen LogP contribution in [0.5, 0.6) is 0 Å². The smallest absolute Gasteiger partial charge is 0.164 e. The van der Waals surface area contributed by atoms with Crippen LogP contribution < -0.4 is 5.48 Å². The van der Waals surface area contributed by atoms with E-state index in [4.69, 9.17) is 14.3 Å². The zero-order valence-corrected chi connectivity index (χ0v) is 20.1. The summed E-state index contributed by atoms with van der Waals surface area (Å²) in [6, 6.07) is 34.5. The van der Waals surface area contributed by atoms with Crippen LogP contribution in [0.1, 0.15) is 22.3 Å². The highest BCUT2D eigenvalue weighted by Crippen LogP contribution is 2.46. The molecule has 3 atom stereocenters. The van der Waals surface area contributed by atoms with Crippen LogP contribution in [0.15, 0.2) is 109 Å². The van der Waals surface area contributed by atoms with Gasteiger partial charge in [0.05, 0.1) is 25.9 Å². The van der Waals surface area contributed by atoms with Gasteiger partial charge in [-0.2, -0.15) is 5.48 Å². The van der Waals surface area contributed by atoms with E-state index in [1.54, 1.807) is 6.07 Å². The first-order valence-electron chi connectivity index (χ1n) is 12.4. The SMILES string of the molecule is Fc1cccc(C23CO[C@H](COC(c4ccccc4)(c4ccccc4)c4ccccc4)C2CON3)c1F. The van der Waals surface area contributed by atoms with Crippen molar-refractivity contribution in [3.8, 4) is 0 Å². The minimum atomic E-state index is -0.991. The summed E-state index contributed by atoms with van der Waals surface area (Å²) in [5, 5.41) is 0. The number of nitrogens with one attached hydrogen (secondary N) is 1. The third-order valence-corrected chi connectivity index (χ3v) is 7.56. The summed E-state index contributed by atoms with van der Waals surface area (Å²) >= 11 is 0. The monoisotopic (exact) mass is 499 g/mol. The molecule has 4 aromatic carbocycles. The van der Waals surface area contributed by atoms with E-state index in [1.807, 2.05) is 54.6 Å². The fourth-order valence-corrected chi connectivity index (χ4v) is 5.71. The van der Waals surface area contributed by atoms with Gasteiger partial charge in [0.2, 0.25) is 0 Å². The molecule has 0 aliphatic carbocycles. The van der Waals surface area contributed by atoms with Crippen LogP contribution >= 0.6 is 0 Å². The van der Waals surface area contributed by atoms with E-state index in [1.165, 1.54) is 6.07 Å². The van der Waals surface area contributed by atoms with E-state index in [2.05, 4.69) is 41.9 Å². The average molecular weight is 500 g/mol. The first kappa shape index (κ1) is 23.9. The minimum absolute atomic E-state index is 0.140. The molecule has 0 saturated carbocycles. The van der Waals surface area contributed by atoms with Gasteiger partial charge in [-0.25, -0.2) is 8.78 Å². The molecule has 0 amide bonds. The van der Waals surface area contributed by atoms with Crippen molar-refractivity contribution >= 4 is 0 Å². The summed E-state index contributed by atoms with van der Waals surface area (Å²) in [5.74, 6) is -2.05. The third kappa shape index (κ3) is 3.97. The number of halogens is 2. The standard InChI is InChI=1S/C31H27F2NO3/c32-27-18-10-17-25(29(27)33)30-21-35-28(26(30)19-37-34-30)20-36-31(22-11-4-1-5-12-22,23-13-6-2-7-14-23)24-15-8-3-9-16-24/h1-18,26,28,34H,19-21H2/t26?,28-,30?/m1/s1. The summed E-state index contributed by atoms with van der Waals surface area (Å²) in [7, 11) is 0. The molecule has 2 saturated heterocycles. The molecular weight excluding hydrogens is 472 g/mol. The summed E-state index contributed by atoms with van der Waals surface area (Å²) in [5.41, 5.74) is 4.20. The summed E-state index contributed by atoms with van der Waals surface area (Å²) in [6.07, 6.45) is -0.409. The summed E-state index contributed by atoms with van der Waals surface area (Å²) < 4.78 is 42.2. The maximum absolute atomic E-state index is 14.9. The molecule has 6 rings (SSSR count). The van der Waals surface area contributed by atoms with Gasteiger partial charge in [-0.3, -0.25) is 0 Å². The zero-order valence-electron chi connectivity index (χ0n) is 20.1. The molecule has 6 heteroatoms. The van der Waals surface area contributed by atoms with E-state index in [-0.39, 0.29) is 24.7 Å². The number of ether oxygens (including phenoxy) is 2.